The van der Waals surface area contributed by atoms with Crippen LogP contribution in [0.1, 0.15) is 48.7 Å². The molecule has 0 aliphatic carbocycles. The minimum atomic E-state index is -0.746. The van der Waals surface area contributed by atoms with Gasteiger partial charge in [-0.25, -0.2) is 0 Å². The minimum Gasteiger partial charge on any atom is -0.356 e. The Morgan fingerprint density at radius 1 is 1.09 bits per heavy atom. The quantitative estimate of drug-likeness (QED) is 0.534. The summed E-state index contributed by atoms with van der Waals surface area (Å²) in [5, 5.41) is 9.63. The van der Waals surface area contributed by atoms with E-state index < -0.39 is 6.04 Å². The Hall–Kier alpha value is -3.61. The molecule has 0 spiro atoms. The summed E-state index contributed by atoms with van der Waals surface area (Å²) in [5.41, 5.74) is 3.30. The Labute approximate surface area is 187 Å². The summed E-state index contributed by atoms with van der Waals surface area (Å²) in [6.45, 7) is 4.82. The highest BCUT2D eigenvalue weighted by molar-refractivity contribution is 6.09. The maximum absolute atomic E-state index is 12.5. The molecule has 2 heterocycles. The number of aromatic nitrogens is 1. The fourth-order valence-corrected chi connectivity index (χ4v) is 4.12. The zero-order valence-electron chi connectivity index (χ0n) is 18.4. The Bertz CT molecular complexity index is 1160. The second-order valence-electron chi connectivity index (χ2n) is 8.37. The Morgan fingerprint density at radius 2 is 1.84 bits per heavy atom. The third-order valence-electron chi connectivity index (χ3n) is 5.81. The van der Waals surface area contributed by atoms with Crippen LogP contribution >= 0.6 is 0 Å². The van der Waals surface area contributed by atoms with Crippen molar-refractivity contribution in [1.82, 2.24) is 15.2 Å². The van der Waals surface area contributed by atoms with Gasteiger partial charge in [0.1, 0.15) is 6.04 Å². The number of carbonyl (C=O) groups is 3. The van der Waals surface area contributed by atoms with Crippen molar-refractivity contribution in [2.75, 3.05) is 11.9 Å². The van der Waals surface area contributed by atoms with Gasteiger partial charge in [0.2, 0.25) is 11.8 Å². The molecule has 2 aromatic carbocycles. The molecule has 3 aromatic rings. The monoisotopic (exact) mass is 432 g/mol. The predicted octanol–water partition coefficient (Wildman–Crippen LogP) is 3.41. The first-order valence-corrected chi connectivity index (χ1v) is 11.0. The molecule has 166 valence electrons. The van der Waals surface area contributed by atoms with Crippen LogP contribution in [0.4, 0.5) is 5.69 Å². The molecule has 32 heavy (non-hydrogen) atoms. The fraction of sp³-hybridized carbons (Fsp3) is 0.320. The van der Waals surface area contributed by atoms with Crippen LogP contribution in [0.15, 0.2) is 54.7 Å². The minimum absolute atomic E-state index is 0.138. The maximum Gasteiger partial charge on any atom is 0.254 e. The van der Waals surface area contributed by atoms with Gasteiger partial charge in [-0.1, -0.05) is 30.3 Å². The average Bonchev–Trinajstić information content (AvgIpc) is 3.10. The highest BCUT2D eigenvalue weighted by Crippen LogP contribution is 2.25. The van der Waals surface area contributed by atoms with E-state index in [0.717, 1.165) is 6.42 Å². The Kier molecular flexibility index (Phi) is 6.25. The summed E-state index contributed by atoms with van der Waals surface area (Å²) in [4.78, 5) is 37.2. The van der Waals surface area contributed by atoms with E-state index in [-0.39, 0.29) is 30.6 Å². The standard InChI is InChI=1S/C25H28N4O3/c1-16(2)29-15-17(18-7-4-6-10-22(18)29)13-14-26-23(30)12-11-21-25(32)27-20-9-5-3-8-19(20)24(31)28-21/h3-10,15-16,21H,11-14H2,1-2H3,(H,26,30)(H,27,32)(H,28,31). The molecule has 0 bridgehead atoms. The molecule has 0 fully saturated rings. The SMILES string of the molecule is CC(C)n1cc(CCNC(=O)CCC2NC(=O)c3ccccc3NC2=O)c2ccccc21. The number of anilines is 1. The normalized spacial score (nSPS) is 15.8. The van der Waals surface area contributed by atoms with Crippen LogP contribution in [0.2, 0.25) is 0 Å². The molecule has 1 aromatic heterocycles. The van der Waals surface area contributed by atoms with Crippen LogP contribution in [-0.4, -0.2) is 34.9 Å². The molecule has 0 saturated heterocycles. The number of hydrogen-bond acceptors (Lipinski definition) is 3. The molecule has 1 aliphatic rings. The van der Waals surface area contributed by atoms with Crippen molar-refractivity contribution in [2.24, 2.45) is 0 Å². The summed E-state index contributed by atoms with van der Waals surface area (Å²) < 4.78 is 2.25. The topological polar surface area (TPSA) is 92.2 Å². The third-order valence-corrected chi connectivity index (χ3v) is 5.81. The van der Waals surface area contributed by atoms with Crippen molar-refractivity contribution in [3.05, 3.63) is 65.9 Å². The second-order valence-corrected chi connectivity index (χ2v) is 8.37. The second kappa shape index (κ2) is 9.26. The third kappa shape index (κ3) is 4.51. The van der Waals surface area contributed by atoms with Gasteiger partial charge in [0.05, 0.1) is 11.3 Å². The van der Waals surface area contributed by atoms with Gasteiger partial charge in [-0.05, 0) is 50.5 Å². The van der Waals surface area contributed by atoms with Crippen LogP contribution in [0.25, 0.3) is 10.9 Å². The number of carbonyl (C=O) groups excluding carboxylic acids is 3. The zero-order chi connectivity index (χ0) is 22.7. The highest BCUT2D eigenvalue weighted by Gasteiger charge is 2.27. The molecule has 0 saturated carbocycles. The molecular formula is C25H28N4O3. The predicted molar refractivity (Wildman–Crippen MR) is 125 cm³/mol. The molecule has 1 aliphatic heterocycles. The van der Waals surface area contributed by atoms with Crippen LogP contribution in [0, 0.1) is 0 Å². The fourth-order valence-electron chi connectivity index (χ4n) is 4.12. The molecule has 7 heteroatoms. The number of nitrogens with one attached hydrogen (secondary N) is 3. The number of para-hydroxylation sites is 2. The van der Waals surface area contributed by atoms with Gasteiger partial charge < -0.3 is 20.5 Å². The highest BCUT2D eigenvalue weighted by atomic mass is 16.2. The zero-order valence-corrected chi connectivity index (χ0v) is 18.4. The number of benzene rings is 2. The smallest absolute Gasteiger partial charge is 0.254 e. The summed E-state index contributed by atoms with van der Waals surface area (Å²) in [6, 6.07) is 14.8. The summed E-state index contributed by atoms with van der Waals surface area (Å²) >= 11 is 0. The van der Waals surface area contributed by atoms with E-state index in [4.69, 9.17) is 0 Å². The lowest BCUT2D eigenvalue weighted by atomic mass is 10.1. The lowest BCUT2D eigenvalue weighted by Gasteiger charge is -2.14. The van der Waals surface area contributed by atoms with E-state index in [0.29, 0.717) is 23.8 Å². The van der Waals surface area contributed by atoms with E-state index in [9.17, 15) is 14.4 Å². The van der Waals surface area contributed by atoms with Crippen LogP contribution in [0.3, 0.4) is 0 Å². The maximum atomic E-state index is 12.5. The van der Waals surface area contributed by atoms with Crippen molar-refractivity contribution in [2.45, 2.75) is 45.2 Å². The molecule has 7 nitrogen and oxygen atoms in total. The number of amides is 3. The first-order valence-electron chi connectivity index (χ1n) is 11.0. The number of hydrogen-bond donors (Lipinski definition) is 3. The first-order chi connectivity index (χ1) is 15.4. The van der Waals surface area contributed by atoms with E-state index in [2.05, 4.69) is 52.7 Å². The number of rotatable bonds is 7. The van der Waals surface area contributed by atoms with Crippen molar-refractivity contribution < 1.29 is 14.4 Å². The summed E-state index contributed by atoms with van der Waals surface area (Å²) in [7, 11) is 0. The summed E-state index contributed by atoms with van der Waals surface area (Å²) in [5.74, 6) is -0.759. The van der Waals surface area contributed by atoms with Crippen molar-refractivity contribution in [3.63, 3.8) is 0 Å². The van der Waals surface area contributed by atoms with Gasteiger partial charge in [-0.2, -0.15) is 0 Å². The van der Waals surface area contributed by atoms with E-state index in [1.54, 1.807) is 24.3 Å². The lowest BCUT2D eigenvalue weighted by molar-refractivity contribution is -0.121. The van der Waals surface area contributed by atoms with Crippen LogP contribution < -0.4 is 16.0 Å². The van der Waals surface area contributed by atoms with Gasteiger partial charge in [0.25, 0.3) is 5.91 Å². The van der Waals surface area contributed by atoms with E-state index in [1.165, 1.54) is 16.5 Å². The Balaban J connectivity index is 1.30. The van der Waals surface area contributed by atoms with Gasteiger partial charge in [0, 0.05) is 36.1 Å². The van der Waals surface area contributed by atoms with E-state index >= 15 is 0 Å². The first kappa shape index (κ1) is 21.6. The van der Waals surface area contributed by atoms with Crippen LogP contribution in [0.5, 0.6) is 0 Å². The molecule has 0 radical (unpaired) electrons. The molecule has 1 unspecified atom stereocenters. The van der Waals surface area contributed by atoms with Crippen molar-refractivity contribution in [1.29, 1.82) is 0 Å². The van der Waals surface area contributed by atoms with Crippen LogP contribution in [-0.2, 0) is 16.0 Å². The molecular weight excluding hydrogens is 404 g/mol. The van der Waals surface area contributed by atoms with Gasteiger partial charge in [-0.3, -0.25) is 14.4 Å². The van der Waals surface area contributed by atoms with Gasteiger partial charge in [0.15, 0.2) is 0 Å². The lowest BCUT2D eigenvalue weighted by Crippen LogP contribution is -2.42. The Morgan fingerprint density at radius 3 is 2.66 bits per heavy atom. The van der Waals surface area contributed by atoms with Crippen molar-refractivity contribution in [3.8, 4) is 0 Å². The molecule has 3 amide bonds. The van der Waals surface area contributed by atoms with E-state index in [1.807, 2.05) is 12.1 Å². The molecule has 3 N–H and O–H groups in total. The van der Waals surface area contributed by atoms with Gasteiger partial charge >= 0.3 is 0 Å². The summed E-state index contributed by atoms with van der Waals surface area (Å²) in [6.07, 6.45) is 3.28. The number of fused-ring (bicyclic) bond motifs is 2. The molecule has 4 rings (SSSR count). The molecule has 1 atom stereocenters. The largest absolute Gasteiger partial charge is 0.356 e. The van der Waals surface area contributed by atoms with Gasteiger partial charge in [-0.15, -0.1) is 0 Å². The number of nitrogens with zero attached hydrogens (tertiary/aromatic N) is 1. The average molecular weight is 433 g/mol. The van der Waals surface area contributed by atoms with Crippen molar-refractivity contribution >= 4 is 34.3 Å².